The van der Waals surface area contributed by atoms with E-state index in [2.05, 4.69) is 4.98 Å². The Morgan fingerprint density at radius 1 is 1.30 bits per heavy atom. The third kappa shape index (κ3) is 4.46. The van der Waals surface area contributed by atoms with Gasteiger partial charge in [-0.3, -0.25) is 14.2 Å². The highest BCUT2D eigenvalue weighted by molar-refractivity contribution is 6.31. The highest BCUT2D eigenvalue weighted by atomic mass is 35.5. The molecule has 0 saturated heterocycles. The van der Waals surface area contributed by atoms with E-state index in [1.807, 2.05) is 34.6 Å². The lowest BCUT2D eigenvalue weighted by atomic mass is 9.93. The fraction of sp³-hybridized carbons (Fsp3) is 0.550. The molecule has 0 N–H and O–H groups in total. The summed E-state index contributed by atoms with van der Waals surface area (Å²) in [5.41, 5.74) is -0.336. The molecule has 0 bridgehead atoms. The maximum Gasteiger partial charge on any atom is 0.261 e. The van der Waals surface area contributed by atoms with Crippen molar-refractivity contribution in [2.75, 3.05) is 12.4 Å². The molecule has 2 aromatic rings. The molecule has 1 aromatic heterocycles. The summed E-state index contributed by atoms with van der Waals surface area (Å²) < 4.78 is 1.51. The smallest absolute Gasteiger partial charge is 0.261 e. The van der Waals surface area contributed by atoms with Gasteiger partial charge < -0.3 is 4.90 Å². The number of hydrogen-bond donors (Lipinski definition) is 0. The Morgan fingerprint density at radius 3 is 2.48 bits per heavy atom. The van der Waals surface area contributed by atoms with Crippen LogP contribution in [0.3, 0.4) is 0 Å². The van der Waals surface area contributed by atoms with Gasteiger partial charge in [-0.05, 0) is 44.9 Å². The Bertz CT molecular complexity index is 906. The standard InChI is InChI=1S/C20H27Cl2N3O2/c1-12(2)10-25(19(27)20(4,5)11-21)13(3)17-23-16-9-14(22)7-8-15(16)18(26)24(17)6/h7-9,12-13H,10-11H2,1-6H3. The lowest BCUT2D eigenvalue weighted by Crippen LogP contribution is -2.46. The van der Waals surface area contributed by atoms with Crippen molar-refractivity contribution < 1.29 is 4.79 Å². The van der Waals surface area contributed by atoms with Crippen molar-refractivity contribution in [1.29, 1.82) is 0 Å². The normalized spacial score (nSPS) is 13.2. The van der Waals surface area contributed by atoms with Crippen molar-refractivity contribution in [3.05, 3.63) is 39.4 Å². The Balaban J connectivity index is 2.60. The van der Waals surface area contributed by atoms with Crippen molar-refractivity contribution in [2.24, 2.45) is 18.4 Å². The van der Waals surface area contributed by atoms with E-state index in [9.17, 15) is 9.59 Å². The number of halogens is 2. The van der Waals surface area contributed by atoms with Gasteiger partial charge in [-0.25, -0.2) is 4.98 Å². The van der Waals surface area contributed by atoms with E-state index < -0.39 is 5.41 Å². The SMILES string of the molecule is CC(C)CN(C(=O)C(C)(C)CCl)C(C)c1nc2cc(Cl)ccc2c(=O)n1C. The van der Waals surface area contributed by atoms with Crippen LogP contribution >= 0.6 is 23.2 Å². The van der Waals surface area contributed by atoms with Crippen molar-refractivity contribution in [2.45, 2.75) is 40.7 Å². The van der Waals surface area contributed by atoms with Crippen LogP contribution in [0.1, 0.15) is 46.5 Å². The molecule has 1 atom stereocenters. The van der Waals surface area contributed by atoms with Crippen LogP contribution in [0.15, 0.2) is 23.0 Å². The first-order valence-electron chi connectivity index (χ1n) is 9.02. The molecule has 2 rings (SSSR count). The molecule has 1 unspecified atom stereocenters. The lowest BCUT2D eigenvalue weighted by Gasteiger charge is -2.36. The maximum atomic E-state index is 13.2. The number of carbonyl (C=O) groups is 1. The van der Waals surface area contributed by atoms with Crippen LogP contribution < -0.4 is 5.56 Å². The average molecular weight is 412 g/mol. The zero-order valence-corrected chi connectivity index (χ0v) is 18.2. The minimum atomic E-state index is -0.705. The molecular weight excluding hydrogens is 385 g/mol. The van der Waals surface area contributed by atoms with E-state index in [1.54, 1.807) is 30.1 Å². The third-order valence-corrected chi connectivity index (χ3v) is 5.55. The number of hydrogen-bond acceptors (Lipinski definition) is 3. The molecule has 5 nitrogen and oxygen atoms in total. The molecule has 0 aliphatic carbocycles. The number of carbonyl (C=O) groups excluding carboxylic acids is 1. The van der Waals surface area contributed by atoms with Crippen molar-refractivity contribution >= 4 is 40.0 Å². The molecule has 27 heavy (non-hydrogen) atoms. The Kier molecular flexibility index (Phi) is 6.59. The van der Waals surface area contributed by atoms with Gasteiger partial charge in [0.05, 0.1) is 22.4 Å². The van der Waals surface area contributed by atoms with Gasteiger partial charge in [-0.15, -0.1) is 11.6 Å². The quantitative estimate of drug-likeness (QED) is 0.661. The summed E-state index contributed by atoms with van der Waals surface area (Å²) >= 11 is 12.1. The highest BCUT2D eigenvalue weighted by Gasteiger charge is 2.35. The second-order valence-electron chi connectivity index (χ2n) is 8.04. The number of alkyl halides is 1. The predicted molar refractivity (Wildman–Crippen MR) is 111 cm³/mol. The van der Waals surface area contributed by atoms with E-state index in [1.165, 1.54) is 4.57 Å². The van der Waals surface area contributed by atoms with E-state index in [0.29, 0.717) is 28.3 Å². The lowest BCUT2D eigenvalue weighted by molar-refractivity contribution is -0.142. The van der Waals surface area contributed by atoms with Gasteiger partial charge in [-0.1, -0.05) is 25.4 Å². The minimum absolute atomic E-state index is 0.0564. The number of benzene rings is 1. The molecule has 7 heteroatoms. The van der Waals surface area contributed by atoms with Crippen LogP contribution in [0.5, 0.6) is 0 Å². The summed E-state index contributed by atoms with van der Waals surface area (Å²) in [6.07, 6.45) is 0. The zero-order chi connectivity index (χ0) is 20.5. The van der Waals surface area contributed by atoms with Gasteiger partial charge in [0.25, 0.3) is 5.56 Å². The molecule has 0 aliphatic rings. The van der Waals surface area contributed by atoms with Crippen LogP contribution in [0, 0.1) is 11.3 Å². The fourth-order valence-electron chi connectivity index (χ4n) is 3.03. The first-order valence-corrected chi connectivity index (χ1v) is 9.94. The van der Waals surface area contributed by atoms with Crippen LogP contribution in [0.2, 0.25) is 5.02 Å². The Hall–Kier alpha value is -1.59. The van der Waals surface area contributed by atoms with E-state index >= 15 is 0 Å². The molecule has 0 spiro atoms. The molecule has 148 valence electrons. The summed E-state index contributed by atoms with van der Waals surface area (Å²) in [5, 5.41) is 1.01. The fourth-order valence-corrected chi connectivity index (χ4v) is 3.31. The van der Waals surface area contributed by atoms with E-state index in [0.717, 1.165) is 0 Å². The molecule has 0 aliphatic heterocycles. The van der Waals surface area contributed by atoms with Crippen LogP contribution in [0.4, 0.5) is 0 Å². The van der Waals surface area contributed by atoms with Gasteiger partial charge in [0.2, 0.25) is 5.91 Å². The van der Waals surface area contributed by atoms with Gasteiger partial charge >= 0.3 is 0 Å². The number of nitrogens with zero attached hydrogens (tertiary/aromatic N) is 3. The van der Waals surface area contributed by atoms with Gasteiger partial charge in [0, 0.05) is 24.5 Å². The average Bonchev–Trinajstić information content (AvgIpc) is 2.61. The predicted octanol–water partition coefficient (Wildman–Crippen LogP) is 4.40. The van der Waals surface area contributed by atoms with Crippen LogP contribution in [-0.4, -0.2) is 32.8 Å². The topological polar surface area (TPSA) is 55.2 Å². The number of aromatic nitrogens is 2. The van der Waals surface area contributed by atoms with Crippen LogP contribution in [-0.2, 0) is 11.8 Å². The van der Waals surface area contributed by atoms with Crippen molar-refractivity contribution in [1.82, 2.24) is 14.5 Å². The zero-order valence-electron chi connectivity index (χ0n) is 16.7. The largest absolute Gasteiger partial charge is 0.332 e. The maximum absolute atomic E-state index is 13.2. The first-order chi connectivity index (χ1) is 12.5. The minimum Gasteiger partial charge on any atom is -0.332 e. The van der Waals surface area contributed by atoms with Gasteiger partial charge in [0.1, 0.15) is 5.82 Å². The molecule has 0 fully saturated rings. The second kappa shape index (κ2) is 8.19. The summed E-state index contributed by atoms with van der Waals surface area (Å²) in [7, 11) is 1.68. The molecule has 0 saturated carbocycles. The Morgan fingerprint density at radius 2 is 1.93 bits per heavy atom. The molecule has 1 aromatic carbocycles. The second-order valence-corrected chi connectivity index (χ2v) is 8.74. The highest BCUT2D eigenvalue weighted by Crippen LogP contribution is 2.28. The number of rotatable bonds is 6. The molecule has 1 amide bonds. The van der Waals surface area contributed by atoms with Crippen molar-refractivity contribution in [3.63, 3.8) is 0 Å². The van der Waals surface area contributed by atoms with E-state index in [-0.39, 0.29) is 29.3 Å². The first kappa shape index (κ1) is 21.7. The summed E-state index contributed by atoms with van der Waals surface area (Å²) in [4.78, 5) is 32.4. The summed E-state index contributed by atoms with van der Waals surface area (Å²) in [6.45, 7) is 10.2. The molecule has 1 heterocycles. The molecular formula is C20H27Cl2N3O2. The van der Waals surface area contributed by atoms with Gasteiger partial charge in [-0.2, -0.15) is 0 Å². The van der Waals surface area contributed by atoms with Gasteiger partial charge in [0.15, 0.2) is 0 Å². The number of amides is 1. The third-order valence-electron chi connectivity index (χ3n) is 4.65. The van der Waals surface area contributed by atoms with E-state index in [4.69, 9.17) is 23.2 Å². The molecule has 0 radical (unpaired) electrons. The summed E-state index contributed by atoms with van der Waals surface area (Å²) in [5.74, 6) is 0.940. The summed E-state index contributed by atoms with van der Waals surface area (Å²) in [6, 6.07) is 4.64. The van der Waals surface area contributed by atoms with Crippen LogP contribution in [0.25, 0.3) is 10.9 Å². The Labute approximate surface area is 170 Å². The number of fused-ring (bicyclic) bond motifs is 1. The monoisotopic (exact) mass is 411 g/mol. The van der Waals surface area contributed by atoms with Crippen molar-refractivity contribution in [3.8, 4) is 0 Å².